The number of rotatable bonds is 3. The Balaban J connectivity index is 1.85. The number of aromatic nitrogens is 2. The third-order valence-electron chi connectivity index (χ3n) is 4.28. The third-order valence-corrected chi connectivity index (χ3v) is 4.28. The first-order valence-electron chi connectivity index (χ1n) is 8.46. The highest BCUT2D eigenvalue weighted by Gasteiger charge is 2.17. The van der Waals surface area contributed by atoms with E-state index in [4.69, 9.17) is 5.73 Å². The molecule has 0 saturated heterocycles. The third kappa shape index (κ3) is 3.21. The lowest BCUT2D eigenvalue weighted by atomic mass is 10.1. The first kappa shape index (κ1) is 17.4. The average Bonchev–Trinajstić information content (AvgIpc) is 2.71. The summed E-state index contributed by atoms with van der Waals surface area (Å²) in [7, 11) is 0. The van der Waals surface area contributed by atoms with Gasteiger partial charge in [-0.1, -0.05) is 0 Å². The van der Waals surface area contributed by atoms with E-state index in [0.29, 0.717) is 22.7 Å². The second kappa shape index (κ2) is 6.96. The van der Waals surface area contributed by atoms with Crippen molar-refractivity contribution in [1.82, 2.24) is 9.55 Å². The van der Waals surface area contributed by atoms with Gasteiger partial charge in [-0.25, -0.2) is 9.37 Å². The molecule has 6 nitrogen and oxygen atoms in total. The molecule has 0 aliphatic heterocycles. The number of nitrogens with zero attached hydrogens (tertiary/aromatic N) is 2. The summed E-state index contributed by atoms with van der Waals surface area (Å²) in [5.41, 5.74) is 7.19. The average molecular weight is 374 g/mol. The van der Waals surface area contributed by atoms with Gasteiger partial charge in [0.25, 0.3) is 5.91 Å². The number of nitrogen functional groups attached to an aromatic ring is 1. The number of halogens is 1. The molecule has 3 N–H and O–H groups in total. The summed E-state index contributed by atoms with van der Waals surface area (Å²) in [4.78, 5) is 29.9. The Labute approximate surface area is 159 Å². The van der Waals surface area contributed by atoms with Crippen LogP contribution >= 0.6 is 0 Å². The number of nitrogens with two attached hydrogens (primary N) is 1. The van der Waals surface area contributed by atoms with Crippen LogP contribution in [0.15, 0.2) is 77.9 Å². The van der Waals surface area contributed by atoms with E-state index in [1.54, 1.807) is 59.3 Å². The van der Waals surface area contributed by atoms with Gasteiger partial charge in [0.2, 0.25) is 5.43 Å². The van der Waals surface area contributed by atoms with E-state index < -0.39 is 11.3 Å². The minimum absolute atomic E-state index is 0.0540. The molecule has 4 rings (SSSR count). The standard InChI is InChI=1S/C21H15FN4O2/c22-13-3-9-16(10-4-13)26-12-18(19(27)17-2-1-11-24-20(17)26)21(28)25-15-7-5-14(23)6-8-15/h1-12H,23H2,(H,25,28). The number of anilines is 2. The van der Waals surface area contributed by atoms with E-state index in [1.165, 1.54) is 18.3 Å². The fourth-order valence-corrected chi connectivity index (χ4v) is 2.89. The quantitative estimate of drug-likeness (QED) is 0.538. The van der Waals surface area contributed by atoms with Crippen LogP contribution in [-0.4, -0.2) is 15.5 Å². The van der Waals surface area contributed by atoms with Crippen LogP contribution in [0.1, 0.15) is 10.4 Å². The minimum Gasteiger partial charge on any atom is -0.399 e. The number of fused-ring (bicyclic) bond motifs is 1. The van der Waals surface area contributed by atoms with Crippen molar-refractivity contribution in [1.29, 1.82) is 0 Å². The van der Waals surface area contributed by atoms with E-state index in [9.17, 15) is 14.0 Å². The summed E-state index contributed by atoms with van der Waals surface area (Å²) in [6.45, 7) is 0. The van der Waals surface area contributed by atoms with Crippen LogP contribution in [0.3, 0.4) is 0 Å². The van der Waals surface area contributed by atoms with Crippen LogP contribution in [0.25, 0.3) is 16.7 Å². The zero-order valence-corrected chi connectivity index (χ0v) is 14.6. The maximum Gasteiger partial charge on any atom is 0.261 e. The number of amides is 1. The summed E-state index contributed by atoms with van der Waals surface area (Å²) in [5.74, 6) is -0.945. The monoisotopic (exact) mass is 374 g/mol. The Morgan fingerprint density at radius 1 is 1.04 bits per heavy atom. The van der Waals surface area contributed by atoms with Gasteiger partial charge < -0.3 is 15.6 Å². The van der Waals surface area contributed by atoms with Crippen LogP contribution < -0.4 is 16.5 Å². The van der Waals surface area contributed by atoms with E-state index >= 15 is 0 Å². The lowest BCUT2D eigenvalue weighted by molar-refractivity contribution is 0.102. The van der Waals surface area contributed by atoms with Gasteiger partial charge in [0.15, 0.2) is 0 Å². The molecule has 0 fully saturated rings. The molecule has 0 aliphatic carbocycles. The Bertz CT molecular complexity index is 1230. The fraction of sp³-hybridized carbons (Fsp3) is 0. The number of hydrogen-bond donors (Lipinski definition) is 2. The van der Waals surface area contributed by atoms with Gasteiger partial charge in [-0.05, 0) is 60.7 Å². The molecular weight excluding hydrogens is 359 g/mol. The van der Waals surface area contributed by atoms with E-state index in [1.807, 2.05) is 0 Å². The Morgan fingerprint density at radius 3 is 2.46 bits per heavy atom. The smallest absolute Gasteiger partial charge is 0.261 e. The van der Waals surface area contributed by atoms with Gasteiger partial charge >= 0.3 is 0 Å². The first-order chi connectivity index (χ1) is 13.5. The zero-order valence-electron chi connectivity index (χ0n) is 14.6. The number of pyridine rings is 2. The van der Waals surface area contributed by atoms with Gasteiger partial charge in [0.1, 0.15) is 17.0 Å². The summed E-state index contributed by atoms with van der Waals surface area (Å²) >= 11 is 0. The molecule has 0 unspecified atom stereocenters. The summed E-state index contributed by atoms with van der Waals surface area (Å²) in [6, 6.07) is 15.5. The number of carbonyl (C=O) groups excluding carboxylic acids is 1. The van der Waals surface area contributed by atoms with Gasteiger partial charge in [0, 0.05) is 29.5 Å². The van der Waals surface area contributed by atoms with Crippen LogP contribution in [-0.2, 0) is 0 Å². The zero-order chi connectivity index (χ0) is 19.7. The summed E-state index contributed by atoms with van der Waals surface area (Å²) in [5, 5.41) is 2.98. The van der Waals surface area contributed by atoms with Gasteiger partial charge in [-0.2, -0.15) is 0 Å². The second-order valence-corrected chi connectivity index (χ2v) is 6.17. The molecule has 4 aromatic rings. The molecule has 2 aromatic carbocycles. The van der Waals surface area contributed by atoms with Crippen molar-refractivity contribution in [3.63, 3.8) is 0 Å². The molecule has 0 atom stereocenters. The largest absolute Gasteiger partial charge is 0.399 e. The molecular formula is C21H15FN4O2. The SMILES string of the molecule is Nc1ccc(NC(=O)c2cn(-c3ccc(F)cc3)c3ncccc3c2=O)cc1. The highest BCUT2D eigenvalue weighted by Crippen LogP contribution is 2.17. The number of hydrogen-bond acceptors (Lipinski definition) is 4. The molecule has 1 amide bonds. The van der Waals surface area contributed by atoms with Crippen molar-refractivity contribution < 1.29 is 9.18 Å². The normalized spacial score (nSPS) is 10.8. The first-order valence-corrected chi connectivity index (χ1v) is 8.46. The number of nitrogens with one attached hydrogen (secondary N) is 1. The number of carbonyl (C=O) groups is 1. The van der Waals surface area contributed by atoms with Crippen LogP contribution in [0.4, 0.5) is 15.8 Å². The Morgan fingerprint density at radius 2 is 1.75 bits per heavy atom. The molecule has 0 aliphatic rings. The molecule has 0 bridgehead atoms. The van der Waals surface area contributed by atoms with Crippen molar-refractivity contribution in [2.75, 3.05) is 11.1 Å². The maximum absolute atomic E-state index is 13.3. The van der Waals surface area contributed by atoms with Gasteiger partial charge in [0.05, 0.1) is 5.39 Å². The Hall–Kier alpha value is -4.00. The lowest BCUT2D eigenvalue weighted by Crippen LogP contribution is -2.24. The van der Waals surface area contributed by atoms with Crippen molar-refractivity contribution >= 4 is 28.3 Å². The van der Waals surface area contributed by atoms with E-state index in [-0.39, 0.29) is 16.8 Å². The second-order valence-electron chi connectivity index (χ2n) is 6.17. The molecule has 2 heterocycles. The van der Waals surface area contributed by atoms with Crippen LogP contribution in [0.2, 0.25) is 0 Å². The van der Waals surface area contributed by atoms with Gasteiger partial charge in [-0.3, -0.25) is 9.59 Å². The predicted molar refractivity (Wildman–Crippen MR) is 106 cm³/mol. The number of benzene rings is 2. The van der Waals surface area contributed by atoms with Crippen LogP contribution in [0.5, 0.6) is 0 Å². The molecule has 138 valence electrons. The Kier molecular flexibility index (Phi) is 4.33. The van der Waals surface area contributed by atoms with Crippen molar-refractivity contribution in [2.24, 2.45) is 0 Å². The predicted octanol–water partition coefficient (Wildman–Crippen LogP) is 3.36. The van der Waals surface area contributed by atoms with E-state index in [2.05, 4.69) is 10.3 Å². The van der Waals surface area contributed by atoms with Gasteiger partial charge in [-0.15, -0.1) is 0 Å². The van der Waals surface area contributed by atoms with E-state index in [0.717, 1.165) is 0 Å². The van der Waals surface area contributed by atoms with Crippen molar-refractivity contribution in [3.05, 3.63) is 94.7 Å². The molecule has 0 saturated carbocycles. The topological polar surface area (TPSA) is 90.0 Å². The minimum atomic E-state index is -0.559. The lowest BCUT2D eigenvalue weighted by Gasteiger charge is -2.13. The molecule has 7 heteroatoms. The molecule has 2 aromatic heterocycles. The fourth-order valence-electron chi connectivity index (χ4n) is 2.89. The van der Waals surface area contributed by atoms with Crippen molar-refractivity contribution in [2.45, 2.75) is 0 Å². The molecule has 28 heavy (non-hydrogen) atoms. The van der Waals surface area contributed by atoms with Crippen LogP contribution in [0, 0.1) is 5.82 Å². The summed E-state index contributed by atoms with van der Waals surface area (Å²) < 4.78 is 14.9. The summed E-state index contributed by atoms with van der Waals surface area (Å²) in [6.07, 6.45) is 2.97. The molecule has 0 spiro atoms. The highest BCUT2D eigenvalue weighted by atomic mass is 19.1. The van der Waals surface area contributed by atoms with Crippen molar-refractivity contribution in [3.8, 4) is 5.69 Å². The maximum atomic E-state index is 13.3. The molecule has 0 radical (unpaired) electrons. The highest BCUT2D eigenvalue weighted by molar-refractivity contribution is 6.05.